The van der Waals surface area contributed by atoms with Crippen molar-refractivity contribution in [3.63, 3.8) is 0 Å². The number of esters is 1. The van der Waals surface area contributed by atoms with E-state index in [1.54, 1.807) is 6.92 Å². The Morgan fingerprint density at radius 1 is 1.35 bits per heavy atom. The molecule has 0 saturated heterocycles. The molecule has 0 aliphatic heterocycles. The number of rotatable bonds is 5. The van der Waals surface area contributed by atoms with Crippen LogP contribution < -0.4 is 0 Å². The SMILES string of the molecule is C=C(C(=O)OCC)[C@@H](C)O[Si](C)(C)C(C)(C)C. The summed E-state index contributed by atoms with van der Waals surface area (Å²) in [6, 6.07) is 0. The van der Waals surface area contributed by atoms with Crippen LogP contribution in [-0.2, 0) is 14.0 Å². The molecule has 100 valence electrons. The van der Waals surface area contributed by atoms with Crippen LogP contribution in [-0.4, -0.2) is 27.0 Å². The Morgan fingerprint density at radius 2 is 1.82 bits per heavy atom. The summed E-state index contributed by atoms with van der Waals surface area (Å²) >= 11 is 0. The molecule has 0 aromatic rings. The molecule has 0 radical (unpaired) electrons. The van der Waals surface area contributed by atoms with E-state index in [0.29, 0.717) is 12.2 Å². The molecule has 0 aliphatic rings. The van der Waals surface area contributed by atoms with Crippen LogP contribution in [0.2, 0.25) is 18.1 Å². The third-order valence-corrected chi connectivity index (χ3v) is 7.86. The minimum absolute atomic E-state index is 0.121. The van der Waals surface area contributed by atoms with Crippen molar-refractivity contribution in [1.29, 1.82) is 0 Å². The first kappa shape index (κ1) is 16.4. The maximum Gasteiger partial charge on any atom is 0.335 e. The van der Waals surface area contributed by atoms with E-state index in [1.165, 1.54) is 0 Å². The predicted molar refractivity (Wildman–Crippen MR) is 73.5 cm³/mol. The van der Waals surface area contributed by atoms with E-state index < -0.39 is 8.32 Å². The van der Waals surface area contributed by atoms with Crippen molar-refractivity contribution in [3.05, 3.63) is 12.2 Å². The summed E-state index contributed by atoms with van der Waals surface area (Å²) in [5.74, 6) is -0.362. The van der Waals surface area contributed by atoms with Crippen molar-refractivity contribution in [2.75, 3.05) is 6.61 Å². The van der Waals surface area contributed by atoms with E-state index in [0.717, 1.165) is 0 Å². The minimum Gasteiger partial charge on any atom is -0.463 e. The highest BCUT2D eigenvalue weighted by molar-refractivity contribution is 6.74. The van der Waals surface area contributed by atoms with Gasteiger partial charge in [-0.05, 0) is 32.0 Å². The number of hydrogen-bond acceptors (Lipinski definition) is 3. The first-order valence-corrected chi connectivity index (χ1v) is 8.97. The van der Waals surface area contributed by atoms with Crippen LogP contribution in [0.3, 0.4) is 0 Å². The molecule has 17 heavy (non-hydrogen) atoms. The lowest BCUT2D eigenvalue weighted by atomic mass is 10.2. The van der Waals surface area contributed by atoms with Crippen molar-refractivity contribution in [1.82, 2.24) is 0 Å². The lowest BCUT2D eigenvalue weighted by molar-refractivity contribution is -0.139. The summed E-state index contributed by atoms with van der Waals surface area (Å²) in [5, 5.41) is 0.121. The zero-order valence-corrected chi connectivity index (χ0v) is 13.2. The van der Waals surface area contributed by atoms with E-state index in [2.05, 4.69) is 40.4 Å². The summed E-state index contributed by atoms with van der Waals surface area (Å²) in [7, 11) is -1.87. The van der Waals surface area contributed by atoms with Gasteiger partial charge in [0.25, 0.3) is 0 Å². The molecular formula is C13H26O3Si. The van der Waals surface area contributed by atoms with Gasteiger partial charge in [0, 0.05) is 0 Å². The van der Waals surface area contributed by atoms with Crippen molar-refractivity contribution < 1.29 is 14.0 Å². The van der Waals surface area contributed by atoms with Crippen LogP contribution in [0.1, 0.15) is 34.6 Å². The Bertz CT molecular complexity index is 290. The highest BCUT2D eigenvalue weighted by Crippen LogP contribution is 2.37. The normalized spacial score (nSPS) is 14.3. The van der Waals surface area contributed by atoms with E-state index in [9.17, 15) is 4.79 Å². The molecule has 0 saturated carbocycles. The van der Waals surface area contributed by atoms with Crippen LogP contribution >= 0.6 is 0 Å². The van der Waals surface area contributed by atoms with Gasteiger partial charge in [0.15, 0.2) is 8.32 Å². The second kappa shape index (κ2) is 5.82. The highest BCUT2D eigenvalue weighted by Gasteiger charge is 2.39. The second-order valence-corrected chi connectivity index (χ2v) is 10.5. The zero-order chi connectivity index (χ0) is 13.9. The smallest absolute Gasteiger partial charge is 0.335 e. The van der Waals surface area contributed by atoms with Crippen LogP contribution in [0.25, 0.3) is 0 Å². The highest BCUT2D eigenvalue weighted by atomic mass is 28.4. The van der Waals surface area contributed by atoms with Crippen molar-refractivity contribution in [2.24, 2.45) is 0 Å². The van der Waals surface area contributed by atoms with Gasteiger partial charge in [0.05, 0.1) is 18.3 Å². The van der Waals surface area contributed by atoms with Gasteiger partial charge in [-0.25, -0.2) is 4.79 Å². The van der Waals surface area contributed by atoms with Gasteiger partial charge in [-0.3, -0.25) is 0 Å². The van der Waals surface area contributed by atoms with Gasteiger partial charge in [0.1, 0.15) is 0 Å². The molecule has 0 N–H and O–H groups in total. The Hall–Kier alpha value is -0.613. The summed E-state index contributed by atoms with van der Waals surface area (Å²) in [4.78, 5) is 11.5. The largest absolute Gasteiger partial charge is 0.463 e. The fraction of sp³-hybridized carbons (Fsp3) is 0.769. The maximum atomic E-state index is 11.5. The standard InChI is InChI=1S/C13H26O3Si/c1-9-15-12(14)10(2)11(3)16-17(7,8)13(4,5)6/h11H,2,9H2,1,3-8H3/t11-/m1/s1. The van der Waals surface area contributed by atoms with Gasteiger partial charge >= 0.3 is 5.97 Å². The molecule has 0 aromatic carbocycles. The number of carbonyl (C=O) groups excluding carboxylic acids is 1. The molecule has 0 amide bonds. The van der Waals surface area contributed by atoms with Crippen LogP contribution in [0.4, 0.5) is 0 Å². The van der Waals surface area contributed by atoms with Crippen molar-refractivity contribution >= 4 is 14.3 Å². The van der Waals surface area contributed by atoms with Crippen molar-refractivity contribution in [3.8, 4) is 0 Å². The van der Waals surface area contributed by atoms with E-state index >= 15 is 0 Å². The average molecular weight is 258 g/mol. The van der Waals surface area contributed by atoms with Gasteiger partial charge < -0.3 is 9.16 Å². The lowest BCUT2D eigenvalue weighted by Gasteiger charge is -2.38. The number of ether oxygens (including phenoxy) is 1. The molecule has 0 aromatic heterocycles. The van der Waals surface area contributed by atoms with Gasteiger partial charge in [-0.15, -0.1) is 0 Å². The number of hydrogen-bond donors (Lipinski definition) is 0. The van der Waals surface area contributed by atoms with Gasteiger partial charge in [0.2, 0.25) is 0 Å². The molecular weight excluding hydrogens is 232 g/mol. The zero-order valence-electron chi connectivity index (χ0n) is 12.2. The Morgan fingerprint density at radius 3 is 2.18 bits per heavy atom. The Kier molecular flexibility index (Phi) is 5.61. The minimum atomic E-state index is -1.87. The summed E-state index contributed by atoms with van der Waals surface area (Å²) in [5.41, 5.74) is 0.400. The van der Waals surface area contributed by atoms with Crippen molar-refractivity contribution in [2.45, 2.75) is 58.9 Å². The molecule has 4 heteroatoms. The third kappa shape index (κ3) is 4.64. The summed E-state index contributed by atoms with van der Waals surface area (Å²) in [6.45, 7) is 18.6. The van der Waals surface area contributed by atoms with E-state index in [1.807, 2.05) is 6.92 Å². The molecule has 0 fully saturated rings. The summed E-state index contributed by atoms with van der Waals surface area (Å²) < 4.78 is 11.0. The summed E-state index contributed by atoms with van der Waals surface area (Å²) in [6.07, 6.45) is -0.282. The average Bonchev–Trinajstić information content (AvgIpc) is 2.14. The second-order valence-electron chi connectivity index (χ2n) is 5.77. The molecule has 0 rings (SSSR count). The molecule has 3 nitrogen and oxygen atoms in total. The van der Waals surface area contributed by atoms with Gasteiger partial charge in [-0.1, -0.05) is 27.4 Å². The van der Waals surface area contributed by atoms with Gasteiger partial charge in [-0.2, -0.15) is 0 Å². The lowest BCUT2D eigenvalue weighted by Crippen LogP contribution is -2.44. The molecule has 0 aliphatic carbocycles. The monoisotopic (exact) mass is 258 g/mol. The number of carbonyl (C=O) groups is 1. The fourth-order valence-corrected chi connectivity index (χ4v) is 2.46. The molecule has 0 heterocycles. The molecule has 0 bridgehead atoms. The first-order valence-electron chi connectivity index (χ1n) is 6.06. The maximum absolute atomic E-state index is 11.5. The molecule has 0 unspecified atom stereocenters. The molecule has 1 atom stereocenters. The quantitative estimate of drug-likeness (QED) is 0.430. The van der Waals surface area contributed by atoms with Crippen LogP contribution in [0.5, 0.6) is 0 Å². The Balaban J connectivity index is 4.60. The fourth-order valence-electron chi connectivity index (χ4n) is 1.08. The predicted octanol–water partition coefficient (Wildman–Crippen LogP) is 3.52. The third-order valence-electron chi connectivity index (χ3n) is 3.31. The topological polar surface area (TPSA) is 35.5 Å². The molecule has 0 spiro atoms. The first-order chi connectivity index (χ1) is 7.53. The van der Waals surface area contributed by atoms with Crippen LogP contribution in [0.15, 0.2) is 12.2 Å². The van der Waals surface area contributed by atoms with E-state index in [-0.39, 0.29) is 17.1 Å². The Labute approximate surface area is 106 Å². The van der Waals surface area contributed by atoms with E-state index in [4.69, 9.17) is 9.16 Å². The van der Waals surface area contributed by atoms with Crippen LogP contribution in [0, 0.1) is 0 Å².